The van der Waals surface area contributed by atoms with Gasteiger partial charge in [0, 0.05) is 11.8 Å². The van der Waals surface area contributed by atoms with E-state index in [4.69, 9.17) is 0 Å². The SMILES string of the molecule is Cc1cccc(-c2nn(-c3ccc(F)cc3)cc2C(=O)N2CC(=O)Nc3ccccc32)c1. The molecule has 6 nitrogen and oxygen atoms in total. The van der Waals surface area contributed by atoms with Crippen molar-refractivity contribution in [2.75, 3.05) is 16.8 Å². The lowest BCUT2D eigenvalue weighted by Crippen LogP contribution is -2.42. The van der Waals surface area contributed by atoms with Crippen LogP contribution in [0.2, 0.25) is 0 Å². The summed E-state index contributed by atoms with van der Waals surface area (Å²) in [6, 6.07) is 20.8. The molecule has 0 bridgehead atoms. The molecule has 0 saturated carbocycles. The lowest BCUT2D eigenvalue weighted by molar-refractivity contribution is -0.115. The van der Waals surface area contributed by atoms with Gasteiger partial charge in [0.05, 0.1) is 22.6 Å². The molecule has 4 aromatic rings. The number of anilines is 2. The van der Waals surface area contributed by atoms with Crippen molar-refractivity contribution in [2.45, 2.75) is 6.92 Å². The van der Waals surface area contributed by atoms with Crippen molar-refractivity contribution in [1.29, 1.82) is 0 Å². The van der Waals surface area contributed by atoms with Crippen molar-refractivity contribution < 1.29 is 14.0 Å². The fourth-order valence-electron chi connectivity index (χ4n) is 3.82. The summed E-state index contributed by atoms with van der Waals surface area (Å²) in [6.45, 7) is 1.87. The first-order chi connectivity index (χ1) is 15.5. The summed E-state index contributed by atoms with van der Waals surface area (Å²) in [5, 5.41) is 7.46. The van der Waals surface area contributed by atoms with E-state index in [9.17, 15) is 14.0 Å². The molecule has 0 atom stereocenters. The number of hydrogen-bond donors (Lipinski definition) is 1. The van der Waals surface area contributed by atoms with E-state index in [1.54, 1.807) is 41.2 Å². The Hall–Kier alpha value is -4.26. The molecule has 1 N–H and O–H groups in total. The Morgan fingerprint density at radius 2 is 1.81 bits per heavy atom. The molecule has 5 rings (SSSR count). The van der Waals surface area contributed by atoms with Crippen molar-refractivity contribution in [2.24, 2.45) is 0 Å². The van der Waals surface area contributed by atoms with Gasteiger partial charge in [-0.25, -0.2) is 9.07 Å². The standard InChI is InChI=1S/C25H19FN4O2/c1-16-5-4-6-17(13-16)24-20(14-30(28-24)19-11-9-18(26)10-12-19)25(32)29-15-23(31)27-21-7-2-3-8-22(21)29/h2-14H,15H2,1H3,(H,27,31). The third kappa shape index (κ3) is 3.54. The summed E-state index contributed by atoms with van der Waals surface area (Å²) in [7, 11) is 0. The van der Waals surface area contributed by atoms with Crippen molar-refractivity contribution in [3.05, 3.63) is 95.9 Å². The zero-order valence-electron chi connectivity index (χ0n) is 17.2. The van der Waals surface area contributed by atoms with Crippen molar-refractivity contribution in [1.82, 2.24) is 9.78 Å². The molecule has 0 aliphatic carbocycles. The van der Waals surface area contributed by atoms with Gasteiger partial charge in [-0.15, -0.1) is 0 Å². The molecule has 3 aromatic carbocycles. The molecule has 1 aromatic heterocycles. The van der Waals surface area contributed by atoms with Gasteiger partial charge in [0.2, 0.25) is 5.91 Å². The number of halogens is 1. The lowest BCUT2D eigenvalue weighted by Gasteiger charge is -2.29. The topological polar surface area (TPSA) is 67.2 Å². The normalized spacial score (nSPS) is 12.9. The number of carbonyl (C=O) groups excluding carboxylic acids is 2. The van der Waals surface area contributed by atoms with Gasteiger partial charge in [-0.3, -0.25) is 14.5 Å². The van der Waals surface area contributed by atoms with Crippen LogP contribution in [0.3, 0.4) is 0 Å². The van der Waals surface area contributed by atoms with Crippen LogP contribution in [0.25, 0.3) is 16.9 Å². The second-order valence-electron chi connectivity index (χ2n) is 7.64. The van der Waals surface area contributed by atoms with Crippen LogP contribution in [0, 0.1) is 12.7 Å². The largest absolute Gasteiger partial charge is 0.323 e. The molecule has 1 aliphatic rings. The second kappa shape index (κ2) is 7.77. The molecule has 0 radical (unpaired) electrons. The van der Waals surface area contributed by atoms with Crippen molar-refractivity contribution >= 4 is 23.2 Å². The van der Waals surface area contributed by atoms with E-state index in [-0.39, 0.29) is 24.2 Å². The minimum absolute atomic E-state index is 0.0924. The number of nitrogens with zero attached hydrogens (tertiary/aromatic N) is 3. The Labute approximate surface area is 183 Å². The Balaban J connectivity index is 1.65. The maximum Gasteiger partial charge on any atom is 0.262 e. The first-order valence-corrected chi connectivity index (χ1v) is 10.1. The number of para-hydroxylation sites is 2. The van der Waals surface area contributed by atoms with Gasteiger partial charge < -0.3 is 5.32 Å². The van der Waals surface area contributed by atoms with Gasteiger partial charge in [-0.2, -0.15) is 5.10 Å². The first-order valence-electron chi connectivity index (χ1n) is 10.1. The average Bonchev–Trinajstić information content (AvgIpc) is 3.24. The highest BCUT2D eigenvalue weighted by Gasteiger charge is 2.30. The number of fused-ring (bicyclic) bond motifs is 1. The number of nitrogens with one attached hydrogen (secondary N) is 1. The minimum Gasteiger partial charge on any atom is -0.323 e. The van der Waals surface area contributed by atoms with Gasteiger partial charge in [-0.05, 0) is 49.4 Å². The number of carbonyl (C=O) groups is 2. The zero-order chi connectivity index (χ0) is 22.2. The van der Waals surface area contributed by atoms with Gasteiger partial charge >= 0.3 is 0 Å². The zero-order valence-corrected chi connectivity index (χ0v) is 17.2. The van der Waals surface area contributed by atoms with E-state index in [1.807, 2.05) is 37.3 Å². The molecule has 0 saturated heterocycles. The second-order valence-corrected chi connectivity index (χ2v) is 7.64. The third-order valence-corrected chi connectivity index (χ3v) is 5.34. The Bertz CT molecular complexity index is 1340. The average molecular weight is 426 g/mol. The van der Waals surface area contributed by atoms with Crippen LogP contribution in [0.4, 0.5) is 15.8 Å². The molecule has 2 heterocycles. The summed E-state index contributed by atoms with van der Waals surface area (Å²) in [4.78, 5) is 27.4. The molecule has 32 heavy (non-hydrogen) atoms. The minimum atomic E-state index is -0.355. The maximum absolute atomic E-state index is 13.7. The molecular weight excluding hydrogens is 407 g/mol. The molecular formula is C25H19FN4O2. The quantitative estimate of drug-likeness (QED) is 0.521. The van der Waals surface area contributed by atoms with E-state index in [2.05, 4.69) is 10.4 Å². The highest BCUT2D eigenvalue weighted by Crippen LogP contribution is 2.32. The van der Waals surface area contributed by atoms with Crippen LogP contribution >= 0.6 is 0 Å². The summed E-state index contributed by atoms with van der Waals surface area (Å²) < 4.78 is 15.0. The number of rotatable bonds is 3. The van der Waals surface area contributed by atoms with E-state index in [0.717, 1.165) is 11.1 Å². The van der Waals surface area contributed by atoms with Gasteiger partial charge in [-0.1, -0.05) is 35.9 Å². The molecule has 2 amide bonds. The monoisotopic (exact) mass is 426 g/mol. The Kier molecular flexibility index (Phi) is 4.78. The smallest absolute Gasteiger partial charge is 0.262 e. The van der Waals surface area contributed by atoms with Gasteiger partial charge in [0.15, 0.2) is 0 Å². The molecule has 0 unspecified atom stereocenters. The summed E-state index contributed by atoms with van der Waals surface area (Å²) in [5.41, 5.74) is 4.48. The fourth-order valence-corrected chi connectivity index (χ4v) is 3.82. The predicted molar refractivity (Wildman–Crippen MR) is 120 cm³/mol. The Morgan fingerprint density at radius 3 is 2.59 bits per heavy atom. The predicted octanol–water partition coefficient (Wildman–Crippen LogP) is 4.59. The molecule has 158 valence electrons. The van der Waals surface area contributed by atoms with Crippen LogP contribution in [0.15, 0.2) is 79.0 Å². The van der Waals surface area contributed by atoms with Crippen LogP contribution < -0.4 is 10.2 Å². The highest BCUT2D eigenvalue weighted by molar-refractivity contribution is 6.16. The van der Waals surface area contributed by atoms with E-state index >= 15 is 0 Å². The number of hydrogen-bond acceptors (Lipinski definition) is 3. The lowest BCUT2D eigenvalue weighted by atomic mass is 10.0. The molecule has 7 heteroatoms. The number of aryl methyl sites for hydroxylation is 1. The first kappa shape index (κ1) is 19.7. The molecule has 0 fully saturated rings. The molecule has 1 aliphatic heterocycles. The van der Waals surface area contributed by atoms with Crippen LogP contribution in [0.1, 0.15) is 15.9 Å². The van der Waals surface area contributed by atoms with E-state index in [1.165, 1.54) is 17.0 Å². The fraction of sp³-hybridized carbons (Fsp3) is 0.0800. The summed E-state index contributed by atoms with van der Waals surface area (Å²) in [5.74, 6) is -0.954. The van der Waals surface area contributed by atoms with Crippen LogP contribution in [0.5, 0.6) is 0 Å². The summed E-state index contributed by atoms with van der Waals surface area (Å²) >= 11 is 0. The third-order valence-electron chi connectivity index (χ3n) is 5.34. The summed E-state index contributed by atoms with van der Waals surface area (Å²) in [6.07, 6.45) is 1.63. The highest BCUT2D eigenvalue weighted by atomic mass is 19.1. The molecule has 0 spiro atoms. The van der Waals surface area contributed by atoms with Gasteiger partial charge in [0.1, 0.15) is 18.1 Å². The number of benzene rings is 3. The maximum atomic E-state index is 13.7. The number of aromatic nitrogens is 2. The van der Waals surface area contributed by atoms with E-state index < -0.39 is 0 Å². The van der Waals surface area contributed by atoms with E-state index in [0.29, 0.717) is 28.3 Å². The van der Waals surface area contributed by atoms with Crippen molar-refractivity contribution in [3.8, 4) is 16.9 Å². The number of amides is 2. The van der Waals surface area contributed by atoms with Gasteiger partial charge in [0.25, 0.3) is 5.91 Å². The van der Waals surface area contributed by atoms with Crippen LogP contribution in [-0.4, -0.2) is 28.1 Å². The Morgan fingerprint density at radius 1 is 1.03 bits per heavy atom. The van der Waals surface area contributed by atoms with Crippen LogP contribution in [-0.2, 0) is 4.79 Å². The van der Waals surface area contributed by atoms with Crippen molar-refractivity contribution in [3.63, 3.8) is 0 Å².